The van der Waals surface area contributed by atoms with Crippen LogP contribution in [0.15, 0.2) is 30.9 Å². The van der Waals surface area contributed by atoms with E-state index in [1.807, 2.05) is 6.07 Å². The molecular weight excluding hydrogens is 299 g/mol. The van der Waals surface area contributed by atoms with Gasteiger partial charge in [0.25, 0.3) is 0 Å². The van der Waals surface area contributed by atoms with Crippen LogP contribution in [0.2, 0.25) is 0 Å². The standard InChI is InChI=1S/C15H17FN6O/c16-11-7-19-13(20-8-11)21-12-6-15(23-9-12)2-5-22(10-15)14-17-3-1-4-18-14/h1,3-4,7-8,12H,2,5-6,9-10H2,(H,19,20,21)/t12-,15+/m1/s1. The summed E-state index contributed by atoms with van der Waals surface area (Å²) < 4.78 is 18.9. The molecule has 1 N–H and O–H groups in total. The molecule has 4 rings (SSSR count). The molecule has 0 amide bonds. The summed E-state index contributed by atoms with van der Waals surface area (Å²) in [6.07, 6.45) is 7.61. The summed E-state index contributed by atoms with van der Waals surface area (Å²) in [5.41, 5.74) is -0.184. The van der Waals surface area contributed by atoms with Crippen molar-refractivity contribution in [2.75, 3.05) is 29.9 Å². The minimum atomic E-state index is -0.441. The average molecular weight is 316 g/mol. The summed E-state index contributed by atoms with van der Waals surface area (Å²) in [6, 6.07) is 1.93. The van der Waals surface area contributed by atoms with Crippen LogP contribution in [0.5, 0.6) is 0 Å². The number of halogens is 1. The van der Waals surface area contributed by atoms with Gasteiger partial charge in [0.1, 0.15) is 0 Å². The smallest absolute Gasteiger partial charge is 0.225 e. The van der Waals surface area contributed by atoms with Gasteiger partial charge < -0.3 is 15.0 Å². The Hall–Kier alpha value is -2.35. The Morgan fingerprint density at radius 1 is 1.22 bits per heavy atom. The van der Waals surface area contributed by atoms with Gasteiger partial charge in [-0.25, -0.2) is 24.3 Å². The second-order valence-corrected chi connectivity index (χ2v) is 5.98. The fourth-order valence-electron chi connectivity index (χ4n) is 3.26. The summed E-state index contributed by atoms with van der Waals surface area (Å²) in [5, 5.41) is 3.21. The van der Waals surface area contributed by atoms with Crippen LogP contribution in [0.1, 0.15) is 12.8 Å². The summed E-state index contributed by atoms with van der Waals surface area (Å²) in [5.74, 6) is 0.730. The van der Waals surface area contributed by atoms with Crippen LogP contribution in [-0.2, 0) is 4.74 Å². The summed E-state index contributed by atoms with van der Waals surface area (Å²) in [4.78, 5) is 18.6. The molecule has 2 aromatic heterocycles. The monoisotopic (exact) mass is 316 g/mol. The number of aromatic nitrogens is 4. The van der Waals surface area contributed by atoms with E-state index in [9.17, 15) is 4.39 Å². The highest BCUT2D eigenvalue weighted by Gasteiger charge is 2.46. The Morgan fingerprint density at radius 3 is 2.78 bits per heavy atom. The van der Waals surface area contributed by atoms with Crippen molar-refractivity contribution in [3.63, 3.8) is 0 Å². The second kappa shape index (κ2) is 5.69. The third kappa shape index (κ3) is 2.94. The third-order valence-corrected chi connectivity index (χ3v) is 4.31. The summed E-state index contributed by atoms with van der Waals surface area (Å²) in [7, 11) is 0. The van der Waals surface area contributed by atoms with E-state index in [2.05, 4.69) is 30.2 Å². The third-order valence-electron chi connectivity index (χ3n) is 4.31. The van der Waals surface area contributed by atoms with Gasteiger partial charge in [-0.2, -0.15) is 0 Å². The lowest BCUT2D eigenvalue weighted by Crippen LogP contribution is -2.34. The van der Waals surface area contributed by atoms with Crippen molar-refractivity contribution in [3.05, 3.63) is 36.7 Å². The molecule has 2 fully saturated rings. The van der Waals surface area contributed by atoms with Gasteiger partial charge in [0, 0.05) is 25.4 Å². The van der Waals surface area contributed by atoms with Crippen molar-refractivity contribution < 1.29 is 9.13 Å². The highest BCUT2D eigenvalue weighted by Crippen LogP contribution is 2.36. The van der Waals surface area contributed by atoms with E-state index < -0.39 is 5.82 Å². The van der Waals surface area contributed by atoms with Crippen LogP contribution in [0.4, 0.5) is 16.3 Å². The molecule has 2 aromatic rings. The van der Waals surface area contributed by atoms with E-state index in [0.717, 1.165) is 44.3 Å². The molecule has 23 heavy (non-hydrogen) atoms. The molecule has 0 saturated carbocycles. The van der Waals surface area contributed by atoms with Gasteiger partial charge in [-0.3, -0.25) is 0 Å². The molecule has 0 radical (unpaired) electrons. The fourth-order valence-corrected chi connectivity index (χ4v) is 3.26. The summed E-state index contributed by atoms with van der Waals surface area (Å²) in [6.45, 7) is 2.24. The molecule has 0 aliphatic carbocycles. The predicted octanol–water partition coefficient (Wildman–Crippen LogP) is 1.26. The molecule has 2 saturated heterocycles. The van der Waals surface area contributed by atoms with Crippen LogP contribution in [0, 0.1) is 5.82 Å². The van der Waals surface area contributed by atoms with Crippen LogP contribution in [0.25, 0.3) is 0 Å². The molecule has 2 aliphatic rings. The van der Waals surface area contributed by atoms with Crippen LogP contribution >= 0.6 is 0 Å². The van der Waals surface area contributed by atoms with Gasteiger partial charge in [-0.15, -0.1) is 0 Å². The van der Waals surface area contributed by atoms with Crippen molar-refractivity contribution in [2.45, 2.75) is 24.5 Å². The molecule has 8 heteroatoms. The van der Waals surface area contributed by atoms with Gasteiger partial charge in [0.2, 0.25) is 11.9 Å². The lowest BCUT2D eigenvalue weighted by molar-refractivity contribution is 0.0228. The minimum absolute atomic E-state index is 0.122. The first-order chi connectivity index (χ1) is 11.2. The Balaban J connectivity index is 1.39. The molecule has 0 bridgehead atoms. The zero-order valence-electron chi connectivity index (χ0n) is 12.5. The first-order valence-electron chi connectivity index (χ1n) is 7.62. The van der Waals surface area contributed by atoms with Crippen molar-refractivity contribution in [1.82, 2.24) is 19.9 Å². The molecule has 120 valence electrons. The highest BCUT2D eigenvalue weighted by atomic mass is 19.1. The number of ether oxygens (including phenoxy) is 1. The number of nitrogens with zero attached hydrogens (tertiary/aromatic N) is 5. The fraction of sp³-hybridized carbons (Fsp3) is 0.467. The van der Waals surface area contributed by atoms with Gasteiger partial charge in [0.05, 0.1) is 37.2 Å². The molecule has 0 aromatic carbocycles. The van der Waals surface area contributed by atoms with E-state index in [-0.39, 0.29) is 11.6 Å². The van der Waals surface area contributed by atoms with Crippen LogP contribution in [0.3, 0.4) is 0 Å². The average Bonchev–Trinajstić information content (AvgIpc) is 3.18. The molecular formula is C15H17FN6O. The quantitative estimate of drug-likeness (QED) is 0.913. The van der Waals surface area contributed by atoms with E-state index in [0.29, 0.717) is 12.6 Å². The van der Waals surface area contributed by atoms with E-state index >= 15 is 0 Å². The maximum Gasteiger partial charge on any atom is 0.225 e. The van der Waals surface area contributed by atoms with Crippen molar-refractivity contribution in [2.24, 2.45) is 0 Å². The van der Waals surface area contributed by atoms with Crippen LogP contribution < -0.4 is 10.2 Å². The minimum Gasteiger partial charge on any atom is -0.371 e. The van der Waals surface area contributed by atoms with Crippen molar-refractivity contribution >= 4 is 11.9 Å². The molecule has 4 heterocycles. The van der Waals surface area contributed by atoms with Crippen molar-refractivity contribution in [3.8, 4) is 0 Å². The predicted molar refractivity (Wildman–Crippen MR) is 81.6 cm³/mol. The number of hydrogen-bond acceptors (Lipinski definition) is 7. The molecule has 7 nitrogen and oxygen atoms in total. The van der Waals surface area contributed by atoms with E-state index in [1.54, 1.807) is 12.4 Å². The SMILES string of the molecule is Fc1cnc(N[C@H]2CO[C@@]3(CCN(c4ncccn4)C3)C2)nc1. The summed E-state index contributed by atoms with van der Waals surface area (Å²) >= 11 is 0. The van der Waals surface area contributed by atoms with Gasteiger partial charge >= 0.3 is 0 Å². The largest absolute Gasteiger partial charge is 0.371 e. The first-order valence-corrected chi connectivity index (χ1v) is 7.62. The highest BCUT2D eigenvalue weighted by molar-refractivity contribution is 5.34. The molecule has 0 unspecified atom stereocenters. The van der Waals surface area contributed by atoms with E-state index in [1.165, 1.54) is 0 Å². The van der Waals surface area contributed by atoms with Gasteiger partial charge in [-0.1, -0.05) is 0 Å². The Morgan fingerprint density at radius 2 is 2.00 bits per heavy atom. The van der Waals surface area contributed by atoms with Crippen molar-refractivity contribution in [1.29, 1.82) is 0 Å². The topological polar surface area (TPSA) is 76.1 Å². The van der Waals surface area contributed by atoms with Crippen LogP contribution in [-0.4, -0.2) is 51.3 Å². The maximum absolute atomic E-state index is 12.9. The Bertz CT molecular complexity index is 669. The zero-order valence-corrected chi connectivity index (χ0v) is 12.5. The lowest BCUT2D eigenvalue weighted by Gasteiger charge is -2.23. The van der Waals surface area contributed by atoms with Gasteiger partial charge in [-0.05, 0) is 12.5 Å². The number of anilines is 2. The number of nitrogens with one attached hydrogen (secondary N) is 1. The molecule has 1 spiro atoms. The zero-order chi connectivity index (χ0) is 15.7. The Labute approximate surface area is 132 Å². The molecule has 2 aliphatic heterocycles. The molecule has 2 atom stereocenters. The normalized spacial score (nSPS) is 26.8. The lowest BCUT2D eigenvalue weighted by atomic mass is 9.97. The Kier molecular flexibility index (Phi) is 3.53. The maximum atomic E-state index is 12.9. The number of hydrogen-bond donors (Lipinski definition) is 1. The number of rotatable bonds is 3. The first kappa shape index (κ1) is 14.3. The second-order valence-electron chi connectivity index (χ2n) is 5.98. The van der Waals surface area contributed by atoms with Gasteiger partial charge in [0.15, 0.2) is 5.82 Å². The van der Waals surface area contributed by atoms with E-state index in [4.69, 9.17) is 4.74 Å².